The molecule has 4 nitrogen and oxygen atoms in total. The number of aryl methyl sites for hydroxylation is 1. The van der Waals surface area contributed by atoms with E-state index in [1.165, 1.54) is 6.26 Å². The van der Waals surface area contributed by atoms with E-state index in [1.54, 1.807) is 18.0 Å². The molecule has 1 aromatic heterocycles. The van der Waals surface area contributed by atoms with Gasteiger partial charge in [-0.3, -0.25) is 4.79 Å². The van der Waals surface area contributed by atoms with Crippen LogP contribution in [0.1, 0.15) is 21.7 Å². The molecule has 0 saturated carbocycles. The quantitative estimate of drug-likeness (QED) is 0.735. The Bertz CT molecular complexity index is 645. The van der Waals surface area contributed by atoms with E-state index in [4.69, 9.17) is 9.15 Å². The van der Waals surface area contributed by atoms with Gasteiger partial charge in [-0.05, 0) is 31.0 Å². The summed E-state index contributed by atoms with van der Waals surface area (Å²) < 4.78 is 11.0. The molecular weight excluding hydrogens is 278 g/mol. The minimum absolute atomic E-state index is 0.134. The van der Waals surface area contributed by atoms with Crippen LogP contribution >= 0.6 is 0 Å². The predicted octanol–water partition coefficient (Wildman–Crippen LogP) is 3.47. The smallest absolute Gasteiger partial charge is 0.289 e. The highest BCUT2D eigenvalue weighted by Crippen LogP contribution is 2.18. The molecule has 1 heterocycles. The third kappa shape index (κ3) is 3.79. The van der Waals surface area contributed by atoms with Crippen molar-refractivity contribution >= 4 is 5.91 Å². The number of furan rings is 1. The summed E-state index contributed by atoms with van der Waals surface area (Å²) in [6.45, 7) is 6.51. The van der Waals surface area contributed by atoms with Crippen LogP contribution in [-0.4, -0.2) is 31.0 Å². The number of likely N-dealkylation sites (N-methyl/N-ethyl adjacent to an activating group) is 1. The second-order valence-corrected chi connectivity index (χ2v) is 5.11. The van der Waals surface area contributed by atoms with Crippen LogP contribution in [0.15, 0.2) is 53.7 Å². The normalized spacial score (nSPS) is 10.3. The molecule has 0 unspecified atom stereocenters. The van der Waals surface area contributed by atoms with E-state index in [2.05, 4.69) is 6.58 Å². The highest BCUT2D eigenvalue weighted by Gasteiger charge is 2.17. The summed E-state index contributed by atoms with van der Waals surface area (Å²) >= 11 is 0. The van der Waals surface area contributed by atoms with Crippen LogP contribution in [0.25, 0.3) is 0 Å². The number of para-hydroxylation sites is 1. The Kier molecular flexibility index (Phi) is 5.42. The van der Waals surface area contributed by atoms with Crippen molar-refractivity contribution in [2.45, 2.75) is 13.3 Å². The molecular formula is C18H21NO3. The second kappa shape index (κ2) is 7.50. The molecule has 1 aromatic carbocycles. The summed E-state index contributed by atoms with van der Waals surface area (Å²) in [5, 5.41) is 0. The minimum Gasteiger partial charge on any atom is -0.491 e. The van der Waals surface area contributed by atoms with Gasteiger partial charge in [0.2, 0.25) is 0 Å². The number of carbonyl (C=O) groups is 1. The van der Waals surface area contributed by atoms with Gasteiger partial charge in [-0.25, -0.2) is 0 Å². The predicted molar refractivity (Wildman–Crippen MR) is 86.2 cm³/mol. The van der Waals surface area contributed by atoms with Crippen molar-refractivity contribution in [1.82, 2.24) is 4.90 Å². The number of ether oxygens (including phenoxy) is 1. The Balaban J connectivity index is 1.90. The van der Waals surface area contributed by atoms with Crippen molar-refractivity contribution in [3.05, 3.63) is 66.1 Å². The molecule has 0 radical (unpaired) electrons. The first-order valence-corrected chi connectivity index (χ1v) is 7.24. The second-order valence-electron chi connectivity index (χ2n) is 5.11. The van der Waals surface area contributed by atoms with Crippen LogP contribution in [0, 0.1) is 6.92 Å². The first-order valence-electron chi connectivity index (χ1n) is 7.24. The number of benzene rings is 1. The maximum Gasteiger partial charge on any atom is 0.289 e. The first kappa shape index (κ1) is 15.9. The van der Waals surface area contributed by atoms with Gasteiger partial charge in [0.1, 0.15) is 12.4 Å². The standard InChI is InChI=1S/C18H21NO3/c1-4-7-15-8-5-6-9-16(15)21-13-11-19(3)18(20)17-14(2)10-12-22-17/h4-6,8-10,12H,1,7,11,13H2,2-3H3. The van der Waals surface area contributed by atoms with E-state index >= 15 is 0 Å². The molecule has 116 valence electrons. The van der Waals surface area contributed by atoms with Gasteiger partial charge in [0, 0.05) is 12.6 Å². The van der Waals surface area contributed by atoms with Crippen LogP contribution in [0.5, 0.6) is 5.75 Å². The van der Waals surface area contributed by atoms with Gasteiger partial charge in [-0.1, -0.05) is 24.3 Å². The van der Waals surface area contributed by atoms with E-state index in [0.717, 1.165) is 23.3 Å². The molecule has 0 aliphatic rings. The van der Waals surface area contributed by atoms with Crippen LogP contribution in [0.2, 0.25) is 0 Å². The molecule has 0 N–H and O–H groups in total. The van der Waals surface area contributed by atoms with Crippen molar-refractivity contribution in [3.8, 4) is 5.75 Å². The van der Waals surface area contributed by atoms with Gasteiger partial charge in [0.25, 0.3) is 5.91 Å². The van der Waals surface area contributed by atoms with Crippen LogP contribution in [0.3, 0.4) is 0 Å². The molecule has 2 aromatic rings. The fourth-order valence-corrected chi connectivity index (χ4v) is 2.13. The lowest BCUT2D eigenvalue weighted by atomic mass is 10.1. The third-order valence-corrected chi connectivity index (χ3v) is 3.42. The van der Waals surface area contributed by atoms with Gasteiger partial charge >= 0.3 is 0 Å². The maximum atomic E-state index is 12.2. The molecule has 0 fully saturated rings. The Morgan fingerprint density at radius 2 is 2.14 bits per heavy atom. The molecule has 4 heteroatoms. The zero-order valence-electron chi connectivity index (χ0n) is 13.0. The van der Waals surface area contributed by atoms with Crippen molar-refractivity contribution < 1.29 is 13.9 Å². The van der Waals surface area contributed by atoms with Gasteiger partial charge in [-0.15, -0.1) is 6.58 Å². The highest BCUT2D eigenvalue weighted by molar-refractivity contribution is 5.92. The van der Waals surface area contributed by atoms with Crippen molar-refractivity contribution in [3.63, 3.8) is 0 Å². The summed E-state index contributed by atoms with van der Waals surface area (Å²) in [4.78, 5) is 13.8. The Hall–Kier alpha value is -2.49. The van der Waals surface area contributed by atoms with Gasteiger partial charge in [0.05, 0.1) is 12.8 Å². The van der Waals surface area contributed by atoms with E-state index in [9.17, 15) is 4.79 Å². The summed E-state index contributed by atoms with van der Waals surface area (Å²) in [5.74, 6) is 1.08. The highest BCUT2D eigenvalue weighted by atomic mass is 16.5. The van der Waals surface area contributed by atoms with Crippen LogP contribution in [-0.2, 0) is 6.42 Å². The fraction of sp³-hybridized carbons (Fsp3) is 0.278. The molecule has 22 heavy (non-hydrogen) atoms. The fourth-order valence-electron chi connectivity index (χ4n) is 2.13. The zero-order valence-corrected chi connectivity index (χ0v) is 13.0. The number of amides is 1. The molecule has 0 saturated heterocycles. The molecule has 2 rings (SSSR count). The van der Waals surface area contributed by atoms with E-state index < -0.39 is 0 Å². The number of allylic oxidation sites excluding steroid dienone is 1. The SMILES string of the molecule is C=CCc1ccccc1OCCN(C)C(=O)c1occc1C. The third-order valence-electron chi connectivity index (χ3n) is 3.42. The van der Waals surface area contributed by atoms with Crippen LogP contribution in [0.4, 0.5) is 0 Å². The molecule has 0 aliphatic carbocycles. The maximum absolute atomic E-state index is 12.2. The first-order chi connectivity index (χ1) is 10.6. The Morgan fingerprint density at radius 3 is 2.82 bits per heavy atom. The van der Waals surface area contributed by atoms with E-state index in [1.807, 2.05) is 37.3 Å². The minimum atomic E-state index is -0.134. The lowest BCUT2D eigenvalue weighted by Crippen LogP contribution is -2.31. The molecule has 0 bridgehead atoms. The largest absolute Gasteiger partial charge is 0.491 e. The van der Waals surface area contributed by atoms with Crippen molar-refractivity contribution in [2.24, 2.45) is 0 Å². The molecule has 0 aliphatic heterocycles. The molecule has 1 amide bonds. The van der Waals surface area contributed by atoms with Crippen LogP contribution < -0.4 is 4.74 Å². The van der Waals surface area contributed by atoms with Gasteiger partial charge < -0.3 is 14.1 Å². The van der Waals surface area contributed by atoms with Gasteiger partial charge in [0.15, 0.2) is 5.76 Å². The average molecular weight is 299 g/mol. The number of nitrogens with zero attached hydrogens (tertiary/aromatic N) is 1. The summed E-state index contributed by atoms with van der Waals surface area (Å²) in [6.07, 6.45) is 4.13. The monoisotopic (exact) mass is 299 g/mol. The summed E-state index contributed by atoms with van der Waals surface area (Å²) in [5.41, 5.74) is 1.93. The van der Waals surface area contributed by atoms with Crippen molar-refractivity contribution in [1.29, 1.82) is 0 Å². The Labute approximate surface area is 131 Å². The number of rotatable bonds is 7. The van der Waals surface area contributed by atoms with Gasteiger partial charge in [-0.2, -0.15) is 0 Å². The van der Waals surface area contributed by atoms with Crippen molar-refractivity contribution in [2.75, 3.05) is 20.2 Å². The number of hydrogen-bond acceptors (Lipinski definition) is 3. The lowest BCUT2D eigenvalue weighted by Gasteiger charge is -2.17. The number of hydrogen-bond donors (Lipinski definition) is 0. The molecule has 0 spiro atoms. The molecule has 0 atom stereocenters. The summed E-state index contributed by atoms with van der Waals surface area (Å²) in [7, 11) is 1.74. The topological polar surface area (TPSA) is 42.7 Å². The zero-order chi connectivity index (χ0) is 15.9. The Morgan fingerprint density at radius 1 is 1.36 bits per heavy atom. The van der Waals surface area contributed by atoms with E-state index in [0.29, 0.717) is 18.9 Å². The lowest BCUT2D eigenvalue weighted by molar-refractivity contribution is 0.0741. The number of carbonyl (C=O) groups excluding carboxylic acids is 1. The summed E-state index contributed by atoms with van der Waals surface area (Å²) in [6, 6.07) is 9.63. The average Bonchev–Trinajstić information content (AvgIpc) is 2.94. The van der Waals surface area contributed by atoms with E-state index in [-0.39, 0.29) is 5.91 Å².